The third-order valence-electron chi connectivity index (χ3n) is 6.08. The lowest BCUT2D eigenvalue weighted by Gasteiger charge is -2.25. The number of aromatic hydroxyl groups is 1. The molecule has 0 heterocycles. The van der Waals surface area contributed by atoms with Crippen LogP contribution in [-0.4, -0.2) is 52.4 Å². The van der Waals surface area contributed by atoms with E-state index in [1.54, 1.807) is 20.8 Å². The quantitative estimate of drug-likeness (QED) is 0.247. The zero-order valence-electron chi connectivity index (χ0n) is 21.0. The molecule has 0 saturated heterocycles. The predicted molar refractivity (Wildman–Crippen MR) is 139 cm³/mol. The van der Waals surface area contributed by atoms with Crippen LogP contribution in [0.1, 0.15) is 32.8 Å². The maximum Gasteiger partial charge on any atom is 0.298 e. The number of hydrogen-bond acceptors (Lipinski definition) is 10. The van der Waals surface area contributed by atoms with Gasteiger partial charge in [0, 0.05) is 6.07 Å². The maximum atomic E-state index is 13.4. The molecule has 4 N–H and O–H groups in total. The van der Waals surface area contributed by atoms with Crippen LogP contribution in [0.5, 0.6) is 17.2 Å². The molecule has 13 nitrogen and oxygen atoms in total. The van der Waals surface area contributed by atoms with Gasteiger partial charge in [-0.25, -0.2) is 8.42 Å². The molecule has 0 amide bonds. The van der Waals surface area contributed by atoms with Gasteiger partial charge in [-0.05, 0) is 59.9 Å². The molecule has 3 aromatic rings. The van der Waals surface area contributed by atoms with Crippen LogP contribution in [-0.2, 0) is 45.6 Å². The summed E-state index contributed by atoms with van der Waals surface area (Å²) in [4.78, 5) is -4.12. The molecule has 0 unspecified atom stereocenters. The molecule has 0 aliphatic carbocycles. The zero-order valence-corrected chi connectivity index (χ0v) is 24.3. The molecule has 0 saturated carbocycles. The van der Waals surface area contributed by atoms with Gasteiger partial charge in [-0.15, -0.1) is 0 Å². The number of phenols is 1. The van der Waals surface area contributed by atoms with Crippen molar-refractivity contribution < 1.29 is 57.2 Å². The SMILES string of the molecule is CCC(C)(C)c1ccc(S(=O)(=O)c2ccc(Oc3ccc(O)cc3S(=O)(=O)O)c(S(=O)(=O)O)c2)cc1S(=O)(=O)O. The smallest absolute Gasteiger partial charge is 0.298 e. The Morgan fingerprint density at radius 1 is 0.650 bits per heavy atom. The summed E-state index contributed by atoms with van der Waals surface area (Å²) in [6, 6.07) is 7.53. The summed E-state index contributed by atoms with van der Waals surface area (Å²) in [5.74, 6) is -2.02. The highest BCUT2D eigenvalue weighted by atomic mass is 32.2. The Morgan fingerprint density at radius 2 is 1.07 bits per heavy atom. The highest BCUT2D eigenvalue weighted by molar-refractivity contribution is 7.91. The van der Waals surface area contributed by atoms with Gasteiger partial charge in [0.2, 0.25) is 9.84 Å². The van der Waals surface area contributed by atoms with Crippen LogP contribution in [0.25, 0.3) is 0 Å². The second-order valence-corrected chi connectivity index (χ2v) is 15.3. The van der Waals surface area contributed by atoms with E-state index in [1.165, 1.54) is 6.07 Å². The molecule has 0 radical (unpaired) electrons. The highest BCUT2D eigenvalue weighted by Crippen LogP contribution is 2.38. The lowest BCUT2D eigenvalue weighted by Crippen LogP contribution is -2.20. The van der Waals surface area contributed by atoms with Gasteiger partial charge >= 0.3 is 0 Å². The van der Waals surface area contributed by atoms with E-state index in [-0.39, 0.29) is 5.56 Å². The van der Waals surface area contributed by atoms with Crippen LogP contribution in [0.2, 0.25) is 0 Å². The fourth-order valence-electron chi connectivity index (χ4n) is 3.61. The molecule has 0 spiro atoms. The molecule has 0 bridgehead atoms. The van der Waals surface area contributed by atoms with Crippen LogP contribution < -0.4 is 4.74 Å². The summed E-state index contributed by atoms with van der Waals surface area (Å²) in [6.07, 6.45) is 0.432. The molecular weight excluding hydrogens is 613 g/mol. The van der Waals surface area contributed by atoms with E-state index < -0.39 is 87.3 Å². The van der Waals surface area contributed by atoms with Gasteiger partial charge in [0.05, 0.1) is 14.7 Å². The number of benzene rings is 3. The Balaban J connectivity index is 2.22. The first kappa shape index (κ1) is 31.5. The Morgan fingerprint density at radius 3 is 1.55 bits per heavy atom. The molecule has 0 aliphatic rings. The minimum absolute atomic E-state index is 0.141. The van der Waals surface area contributed by atoms with E-state index in [9.17, 15) is 52.4 Å². The van der Waals surface area contributed by atoms with E-state index in [4.69, 9.17) is 4.74 Å². The molecule has 0 aromatic heterocycles. The van der Waals surface area contributed by atoms with Crippen molar-refractivity contribution in [1.29, 1.82) is 0 Å². The summed E-state index contributed by atoms with van der Waals surface area (Å²) in [5.41, 5.74) is -0.637. The largest absolute Gasteiger partial charge is 0.508 e. The molecule has 3 rings (SSSR count). The van der Waals surface area contributed by atoms with Gasteiger partial charge in [0.1, 0.15) is 27.0 Å². The van der Waals surface area contributed by atoms with Gasteiger partial charge in [0.25, 0.3) is 30.4 Å². The first-order valence-corrected chi connectivity index (χ1v) is 16.9. The molecule has 0 fully saturated rings. The average Bonchev–Trinajstić information content (AvgIpc) is 2.83. The van der Waals surface area contributed by atoms with Crippen molar-refractivity contribution >= 4 is 40.2 Å². The number of rotatable bonds is 9. The standard InChI is InChI=1S/C23H24O13S4/c1-4-23(2,3)17-8-6-15(12-20(17)38(27,28)29)37(25,26)16-7-10-19(22(13-16)40(33,34)35)36-18-9-5-14(24)11-21(18)39(30,31)32/h5-13,24H,4H2,1-3H3,(H,27,28,29)(H,30,31,32)(H,33,34,35). The fraction of sp³-hybridized carbons (Fsp3) is 0.217. The summed E-state index contributed by atoms with van der Waals surface area (Å²) < 4.78 is 133. The second-order valence-electron chi connectivity index (χ2n) is 9.17. The van der Waals surface area contributed by atoms with Crippen molar-refractivity contribution in [2.75, 3.05) is 0 Å². The molecule has 0 atom stereocenters. The van der Waals surface area contributed by atoms with Gasteiger partial charge in [0.15, 0.2) is 0 Å². The van der Waals surface area contributed by atoms with Crippen LogP contribution in [0, 0.1) is 0 Å². The van der Waals surface area contributed by atoms with Crippen LogP contribution in [0.4, 0.5) is 0 Å². The van der Waals surface area contributed by atoms with Crippen molar-refractivity contribution in [2.24, 2.45) is 0 Å². The van der Waals surface area contributed by atoms with E-state index in [0.29, 0.717) is 18.6 Å². The van der Waals surface area contributed by atoms with Gasteiger partial charge in [-0.2, -0.15) is 25.3 Å². The Hall–Kier alpha value is -3.06. The predicted octanol–water partition coefficient (Wildman–Crippen LogP) is 3.45. The first-order chi connectivity index (χ1) is 18.1. The summed E-state index contributed by atoms with van der Waals surface area (Å²) in [7, 11) is -19.8. The molecular formula is C23H24O13S4. The molecule has 40 heavy (non-hydrogen) atoms. The van der Waals surface area contributed by atoms with Crippen LogP contribution in [0.15, 0.2) is 79.1 Å². The number of ether oxygens (including phenoxy) is 1. The van der Waals surface area contributed by atoms with E-state index in [1.807, 2.05) is 0 Å². The topological polar surface area (TPSA) is 227 Å². The molecule has 17 heteroatoms. The Bertz CT molecular complexity index is 1930. The van der Waals surface area contributed by atoms with Gasteiger partial charge < -0.3 is 9.84 Å². The van der Waals surface area contributed by atoms with Crippen molar-refractivity contribution in [3.05, 3.63) is 60.2 Å². The van der Waals surface area contributed by atoms with Crippen molar-refractivity contribution in [1.82, 2.24) is 0 Å². The zero-order chi connectivity index (χ0) is 30.5. The summed E-state index contributed by atoms with van der Waals surface area (Å²) in [6.45, 7) is 5.13. The molecule has 218 valence electrons. The molecule has 0 aliphatic heterocycles. The number of phenolic OH excluding ortho intramolecular Hbond substituents is 1. The second kappa shape index (κ2) is 10.4. The molecule has 3 aromatic carbocycles. The van der Waals surface area contributed by atoms with E-state index in [0.717, 1.165) is 36.4 Å². The van der Waals surface area contributed by atoms with Crippen LogP contribution in [0.3, 0.4) is 0 Å². The Kier molecular flexibility index (Phi) is 8.18. The van der Waals surface area contributed by atoms with Gasteiger partial charge in [-0.3, -0.25) is 13.7 Å². The average molecular weight is 637 g/mol. The van der Waals surface area contributed by atoms with Crippen molar-refractivity contribution in [2.45, 2.75) is 57.1 Å². The van der Waals surface area contributed by atoms with E-state index >= 15 is 0 Å². The third-order valence-corrected chi connectivity index (χ3v) is 10.5. The lowest BCUT2D eigenvalue weighted by atomic mass is 9.82. The van der Waals surface area contributed by atoms with Crippen molar-refractivity contribution in [3.8, 4) is 17.2 Å². The van der Waals surface area contributed by atoms with Gasteiger partial charge in [-0.1, -0.05) is 26.8 Å². The lowest BCUT2D eigenvalue weighted by molar-refractivity contribution is 0.426. The third kappa shape index (κ3) is 6.46. The Labute approximate surface area is 231 Å². The highest BCUT2D eigenvalue weighted by Gasteiger charge is 2.31. The first-order valence-electron chi connectivity index (χ1n) is 11.1. The minimum atomic E-state index is -5.22. The number of sulfone groups is 1. The number of hydrogen-bond donors (Lipinski definition) is 4. The summed E-state index contributed by atoms with van der Waals surface area (Å²) in [5, 5.41) is 9.54. The fourth-order valence-corrected chi connectivity index (χ4v) is 7.24. The normalized spacial score (nSPS) is 13.2. The van der Waals surface area contributed by atoms with Crippen LogP contribution >= 0.6 is 0 Å². The van der Waals surface area contributed by atoms with Crippen molar-refractivity contribution in [3.63, 3.8) is 0 Å². The monoisotopic (exact) mass is 636 g/mol. The maximum absolute atomic E-state index is 13.4. The minimum Gasteiger partial charge on any atom is -0.508 e. The summed E-state index contributed by atoms with van der Waals surface area (Å²) >= 11 is 0. The van der Waals surface area contributed by atoms with E-state index in [2.05, 4.69) is 0 Å².